The molecule has 0 saturated heterocycles. The molecule has 1 unspecified atom stereocenters. The number of hydrogen-bond donors (Lipinski definition) is 1. The maximum atomic E-state index is 10.2. The SMILES string of the molecule is CCc1nn(CC)c(CC(O)C2(C)CC2)c1Cl. The number of rotatable bonds is 5. The molecule has 1 heterocycles. The highest BCUT2D eigenvalue weighted by Crippen LogP contribution is 2.49. The van der Waals surface area contributed by atoms with Crippen molar-refractivity contribution in [3.63, 3.8) is 0 Å². The van der Waals surface area contributed by atoms with Gasteiger partial charge in [0.1, 0.15) is 0 Å². The Bertz CT molecular complexity index is 410. The van der Waals surface area contributed by atoms with Crippen LogP contribution in [0.1, 0.15) is 45.0 Å². The third-order valence-electron chi connectivity index (χ3n) is 3.92. The zero-order valence-corrected chi connectivity index (χ0v) is 11.6. The fraction of sp³-hybridized carbons (Fsp3) is 0.769. The maximum absolute atomic E-state index is 10.2. The smallest absolute Gasteiger partial charge is 0.0850 e. The van der Waals surface area contributed by atoms with Gasteiger partial charge >= 0.3 is 0 Å². The van der Waals surface area contributed by atoms with Gasteiger partial charge in [0, 0.05) is 13.0 Å². The summed E-state index contributed by atoms with van der Waals surface area (Å²) in [5.41, 5.74) is 2.04. The van der Waals surface area contributed by atoms with Crippen molar-refractivity contribution in [3.05, 3.63) is 16.4 Å². The molecule has 1 aromatic rings. The Morgan fingerprint density at radius 3 is 2.59 bits per heavy atom. The van der Waals surface area contributed by atoms with E-state index in [9.17, 15) is 5.11 Å². The molecule has 2 rings (SSSR count). The number of aromatic nitrogens is 2. The third kappa shape index (κ3) is 2.36. The lowest BCUT2D eigenvalue weighted by molar-refractivity contribution is 0.101. The van der Waals surface area contributed by atoms with Gasteiger partial charge in [0.2, 0.25) is 0 Å². The van der Waals surface area contributed by atoms with Crippen LogP contribution in [0.5, 0.6) is 0 Å². The zero-order valence-electron chi connectivity index (χ0n) is 10.8. The van der Waals surface area contributed by atoms with Crippen LogP contribution in [0.25, 0.3) is 0 Å². The van der Waals surface area contributed by atoms with Crippen LogP contribution in [-0.4, -0.2) is 21.0 Å². The van der Waals surface area contributed by atoms with E-state index < -0.39 is 0 Å². The van der Waals surface area contributed by atoms with Crippen LogP contribution in [0.15, 0.2) is 0 Å². The van der Waals surface area contributed by atoms with Gasteiger partial charge in [-0.25, -0.2) is 0 Å². The van der Waals surface area contributed by atoms with Gasteiger partial charge in [-0.3, -0.25) is 4.68 Å². The Hall–Kier alpha value is -0.540. The number of aliphatic hydroxyl groups is 1. The van der Waals surface area contributed by atoms with Crippen LogP contribution in [0.4, 0.5) is 0 Å². The van der Waals surface area contributed by atoms with Crippen molar-refractivity contribution in [2.24, 2.45) is 5.41 Å². The summed E-state index contributed by atoms with van der Waals surface area (Å²) in [6.45, 7) is 7.05. The summed E-state index contributed by atoms with van der Waals surface area (Å²) >= 11 is 6.33. The molecule has 1 aromatic heterocycles. The molecule has 0 radical (unpaired) electrons. The van der Waals surface area contributed by atoms with Gasteiger partial charge in [-0.15, -0.1) is 0 Å². The standard InChI is InChI=1S/C13H21ClN2O/c1-4-9-12(14)10(16(5-2)15-9)8-11(17)13(3)6-7-13/h11,17H,4-8H2,1-3H3. The quantitative estimate of drug-likeness (QED) is 0.880. The molecule has 0 aliphatic heterocycles. The number of nitrogens with zero attached hydrogens (tertiary/aromatic N) is 2. The molecule has 1 aliphatic rings. The van der Waals surface area contributed by atoms with Gasteiger partial charge in [-0.05, 0) is 31.6 Å². The Morgan fingerprint density at radius 2 is 2.12 bits per heavy atom. The van der Waals surface area contributed by atoms with Crippen molar-refractivity contribution < 1.29 is 5.11 Å². The van der Waals surface area contributed by atoms with Gasteiger partial charge in [0.25, 0.3) is 0 Å². The molecule has 0 aromatic carbocycles. The average molecular weight is 257 g/mol. The molecular formula is C13H21ClN2O. The zero-order chi connectivity index (χ0) is 12.6. The summed E-state index contributed by atoms with van der Waals surface area (Å²) in [6, 6.07) is 0. The van der Waals surface area contributed by atoms with Crippen molar-refractivity contribution in [2.75, 3.05) is 0 Å². The second-order valence-corrected chi connectivity index (χ2v) is 5.63. The molecule has 3 nitrogen and oxygen atoms in total. The van der Waals surface area contributed by atoms with Crippen molar-refractivity contribution in [1.82, 2.24) is 9.78 Å². The van der Waals surface area contributed by atoms with Crippen LogP contribution < -0.4 is 0 Å². The predicted molar refractivity (Wildman–Crippen MR) is 69.3 cm³/mol. The molecular weight excluding hydrogens is 236 g/mol. The summed E-state index contributed by atoms with van der Waals surface area (Å²) in [4.78, 5) is 0. The molecule has 96 valence electrons. The summed E-state index contributed by atoms with van der Waals surface area (Å²) in [6.07, 6.45) is 3.40. The van der Waals surface area contributed by atoms with Crippen LogP contribution in [0, 0.1) is 5.41 Å². The van der Waals surface area contributed by atoms with Crippen LogP contribution in [0.3, 0.4) is 0 Å². The minimum Gasteiger partial charge on any atom is -0.392 e. The van der Waals surface area contributed by atoms with Gasteiger partial charge in [-0.1, -0.05) is 25.4 Å². The highest BCUT2D eigenvalue weighted by atomic mass is 35.5. The maximum Gasteiger partial charge on any atom is 0.0850 e. The van der Waals surface area contributed by atoms with E-state index in [0.29, 0.717) is 6.42 Å². The summed E-state index contributed by atoms with van der Waals surface area (Å²) in [5.74, 6) is 0. The van der Waals surface area contributed by atoms with E-state index in [2.05, 4.69) is 25.9 Å². The van der Waals surface area contributed by atoms with Gasteiger partial charge in [-0.2, -0.15) is 5.10 Å². The summed E-state index contributed by atoms with van der Waals surface area (Å²) in [7, 11) is 0. The topological polar surface area (TPSA) is 38.0 Å². The van der Waals surface area contributed by atoms with E-state index in [1.54, 1.807) is 0 Å². The average Bonchev–Trinajstić information content (AvgIpc) is 2.99. The van der Waals surface area contributed by atoms with Crippen molar-refractivity contribution in [3.8, 4) is 0 Å². The predicted octanol–water partition coefficient (Wildman–Crippen LogP) is 2.82. The van der Waals surface area contributed by atoms with Crippen LogP contribution >= 0.6 is 11.6 Å². The number of aryl methyl sites for hydroxylation is 2. The molecule has 0 spiro atoms. The monoisotopic (exact) mass is 256 g/mol. The highest BCUT2D eigenvalue weighted by Gasteiger charge is 2.44. The first-order valence-corrected chi connectivity index (χ1v) is 6.81. The van der Waals surface area contributed by atoms with Gasteiger partial charge in [0.05, 0.1) is 22.5 Å². The first kappa shape index (κ1) is 12.9. The summed E-state index contributed by atoms with van der Waals surface area (Å²) < 4.78 is 1.93. The first-order valence-electron chi connectivity index (χ1n) is 6.44. The molecule has 1 fully saturated rings. The lowest BCUT2D eigenvalue weighted by atomic mass is 9.97. The number of hydrogen-bond acceptors (Lipinski definition) is 2. The second-order valence-electron chi connectivity index (χ2n) is 5.25. The fourth-order valence-electron chi connectivity index (χ4n) is 2.17. The van der Waals surface area contributed by atoms with Crippen molar-refractivity contribution >= 4 is 11.6 Å². The van der Waals surface area contributed by atoms with Crippen molar-refractivity contribution in [2.45, 2.75) is 59.1 Å². The van der Waals surface area contributed by atoms with Gasteiger partial charge < -0.3 is 5.11 Å². The number of halogens is 1. The molecule has 0 amide bonds. The van der Waals surface area contributed by atoms with E-state index in [4.69, 9.17) is 11.6 Å². The minimum absolute atomic E-state index is 0.110. The van der Waals surface area contributed by atoms with E-state index in [1.165, 1.54) is 0 Å². The van der Waals surface area contributed by atoms with Crippen LogP contribution in [-0.2, 0) is 19.4 Å². The molecule has 1 saturated carbocycles. The molecule has 1 atom stereocenters. The van der Waals surface area contributed by atoms with E-state index >= 15 is 0 Å². The van der Waals surface area contributed by atoms with E-state index in [-0.39, 0.29) is 11.5 Å². The number of aliphatic hydroxyl groups excluding tert-OH is 1. The first-order chi connectivity index (χ1) is 8.01. The Labute approximate surface area is 108 Å². The molecule has 0 bridgehead atoms. The van der Waals surface area contributed by atoms with Gasteiger partial charge in [0.15, 0.2) is 0 Å². The fourth-order valence-corrected chi connectivity index (χ4v) is 2.52. The Balaban J connectivity index is 2.21. The lowest BCUT2D eigenvalue weighted by Gasteiger charge is -2.18. The Kier molecular flexibility index (Phi) is 3.50. The molecule has 4 heteroatoms. The Morgan fingerprint density at radius 1 is 1.47 bits per heavy atom. The lowest BCUT2D eigenvalue weighted by Crippen LogP contribution is -2.23. The largest absolute Gasteiger partial charge is 0.392 e. The molecule has 1 aliphatic carbocycles. The summed E-state index contributed by atoms with van der Waals surface area (Å²) in [5, 5.41) is 15.5. The highest BCUT2D eigenvalue weighted by molar-refractivity contribution is 6.31. The van der Waals surface area contributed by atoms with Crippen LogP contribution in [0.2, 0.25) is 5.02 Å². The molecule has 1 N–H and O–H groups in total. The minimum atomic E-state index is -0.299. The second kappa shape index (κ2) is 4.62. The van der Waals surface area contributed by atoms with E-state index in [1.807, 2.05) is 4.68 Å². The normalized spacial score (nSPS) is 19.4. The van der Waals surface area contributed by atoms with Crippen molar-refractivity contribution in [1.29, 1.82) is 0 Å². The third-order valence-corrected chi connectivity index (χ3v) is 4.36. The molecule has 17 heavy (non-hydrogen) atoms. The van der Waals surface area contributed by atoms with E-state index in [0.717, 1.165) is 42.2 Å².